The summed E-state index contributed by atoms with van der Waals surface area (Å²) in [5.41, 5.74) is 1.58. The summed E-state index contributed by atoms with van der Waals surface area (Å²) in [6.45, 7) is 4.13. The molecule has 2 aromatic carbocycles. The predicted octanol–water partition coefficient (Wildman–Crippen LogP) is 4.32. The molecule has 2 aromatic rings. The summed E-state index contributed by atoms with van der Waals surface area (Å²) in [5, 5.41) is 0. The molecule has 0 fully saturated rings. The molecule has 0 heterocycles. The van der Waals surface area contributed by atoms with Crippen LogP contribution in [0, 0.1) is 6.92 Å². The average Bonchev–Trinajstić information content (AvgIpc) is 2.42. The van der Waals surface area contributed by atoms with Gasteiger partial charge in [0.25, 0.3) is 0 Å². The standard InChI is InChI=1S/C16H16O2S/c1-3-18-16(17)15-11-14(10-9-12(15)2)19-13-7-5-4-6-8-13/h4-11H,3H2,1-2H3. The lowest BCUT2D eigenvalue weighted by Crippen LogP contribution is -2.06. The minimum Gasteiger partial charge on any atom is -0.462 e. The van der Waals surface area contributed by atoms with E-state index in [1.54, 1.807) is 11.8 Å². The van der Waals surface area contributed by atoms with Crippen LogP contribution in [0.5, 0.6) is 0 Å². The fraction of sp³-hybridized carbons (Fsp3) is 0.188. The Labute approximate surface area is 117 Å². The zero-order chi connectivity index (χ0) is 13.7. The third kappa shape index (κ3) is 3.61. The number of esters is 1. The maximum Gasteiger partial charge on any atom is 0.338 e. The maximum atomic E-state index is 11.8. The van der Waals surface area contributed by atoms with Crippen molar-refractivity contribution < 1.29 is 9.53 Å². The van der Waals surface area contributed by atoms with Crippen molar-refractivity contribution in [1.82, 2.24) is 0 Å². The van der Waals surface area contributed by atoms with Crippen LogP contribution < -0.4 is 0 Å². The van der Waals surface area contributed by atoms with Gasteiger partial charge < -0.3 is 4.74 Å². The van der Waals surface area contributed by atoms with Crippen molar-refractivity contribution in [1.29, 1.82) is 0 Å². The molecular weight excluding hydrogens is 256 g/mol. The topological polar surface area (TPSA) is 26.3 Å². The van der Waals surface area contributed by atoms with Crippen molar-refractivity contribution >= 4 is 17.7 Å². The van der Waals surface area contributed by atoms with Crippen molar-refractivity contribution in [3.05, 3.63) is 59.7 Å². The summed E-state index contributed by atoms with van der Waals surface area (Å²) in [6, 6.07) is 16.0. The quantitative estimate of drug-likeness (QED) is 0.775. The number of carbonyl (C=O) groups is 1. The second-order valence-corrected chi connectivity index (χ2v) is 5.26. The largest absolute Gasteiger partial charge is 0.462 e. The smallest absolute Gasteiger partial charge is 0.338 e. The van der Waals surface area contributed by atoms with Gasteiger partial charge in [-0.25, -0.2) is 4.79 Å². The van der Waals surface area contributed by atoms with Crippen molar-refractivity contribution in [3.63, 3.8) is 0 Å². The van der Waals surface area contributed by atoms with E-state index >= 15 is 0 Å². The van der Waals surface area contributed by atoms with E-state index in [4.69, 9.17) is 4.74 Å². The summed E-state index contributed by atoms with van der Waals surface area (Å²) >= 11 is 1.64. The molecule has 2 nitrogen and oxygen atoms in total. The highest BCUT2D eigenvalue weighted by Crippen LogP contribution is 2.29. The molecule has 0 saturated heterocycles. The molecule has 0 aromatic heterocycles. The van der Waals surface area contributed by atoms with E-state index in [0.717, 1.165) is 15.4 Å². The van der Waals surface area contributed by atoms with Crippen molar-refractivity contribution in [3.8, 4) is 0 Å². The van der Waals surface area contributed by atoms with Gasteiger partial charge in [-0.2, -0.15) is 0 Å². The molecule has 0 saturated carbocycles. The van der Waals surface area contributed by atoms with Gasteiger partial charge in [0.2, 0.25) is 0 Å². The van der Waals surface area contributed by atoms with E-state index in [1.807, 2.05) is 50.2 Å². The first-order valence-corrected chi connectivity index (χ1v) is 7.03. The van der Waals surface area contributed by atoms with Gasteiger partial charge in [-0.05, 0) is 43.7 Å². The first-order chi connectivity index (χ1) is 9.20. The van der Waals surface area contributed by atoms with Gasteiger partial charge in [0.15, 0.2) is 0 Å². The van der Waals surface area contributed by atoms with Crippen LogP contribution in [-0.2, 0) is 4.74 Å². The Morgan fingerprint density at radius 1 is 1.11 bits per heavy atom. The third-order valence-electron chi connectivity index (χ3n) is 2.68. The number of ether oxygens (including phenoxy) is 1. The second kappa shape index (κ2) is 6.43. The van der Waals surface area contributed by atoms with Crippen molar-refractivity contribution in [2.45, 2.75) is 23.6 Å². The average molecular weight is 272 g/mol. The zero-order valence-corrected chi connectivity index (χ0v) is 11.9. The molecular formula is C16H16O2S. The molecule has 0 amide bonds. The molecule has 0 N–H and O–H groups in total. The number of hydrogen-bond donors (Lipinski definition) is 0. The van der Waals surface area contributed by atoms with Gasteiger partial charge in [-0.15, -0.1) is 0 Å². The Kier molecular flexibility index (Phi) is 4.63. The maximum absolute atomic E-state index is 11.8. The van der Waals surface area contributed by atoms with Crippen LogP contribution in [0.1, 0.15) is 22.8 Å². The predicted molar refractivity (Wildman–Crippen MR) is 77.7 cm³/mol. The summed E-state index contributed by atoms with van der Waals surface area (Å²) in [5.74, 6) is -0.254. The van der Waals surface area contributed by atoms with E-state index in [9.17, 15) is 4.79 Å². The molecule has 98 valence electrons. The van der Waals surface area contributed by atoms with Crippen LogP contribution >= 0.6 is 11.8 Å². The molecule has 0 radical (unpaired) electrons. The Morgan fingerprint density at radius 2 is 1.84 bits per heavy atom. The Balaban J connectivity index is 2.23. The lowest BCUT2D eigenvalue weighted by atomic mass is 10.1. The number of hydrogen-bond acceptors (Lipinski definition) is 3. The van der Waals surface area contributed by atoms with Gasteiger partial charge in [-0.1, -0.05) is 36.0 Å². The van der Waals surface area contributed by atoms with Crippen LogP contribution in [0.15, 0.2) is 58.3 Å². The Bertz CT molecular complexity index is 564. The third-order valence-corrected chi connectivity index (χ3v) is 3.68. The number of aryl methyl sites for hydroxylation is 1. The van der Waals surface area contributed by atoms with Gasteiger partial charge >= 0.3 is 5.97 Å². The number of benzene rings is 2. The summed E-state index contributed by atoms with van der Waals surface area (Å²) in [6.07, 6.45) is 0. The van der Waals surface area contributed by atoms with Crippen LogP contribution in [0.3, 0.4) is 0 Å². The highest BCUT2D eigenvalue weighted by molar-refractivity contribution is 7.99. The van der Waals surface area contributed by atoms with Gasteiger partial charge in [0.05, 0.1) is 12.2 Å². The van der Waals surface area contributed by atoms with Gasteiger partial charge in [0, 0.05) is 9.79 Å². The molecule has 0 aliphatic carbocycles. The second-order valence-electron chi connectivity index (χ2n) is 4.11. The minimum absolute atomic E-state index is 0.254. The normalized spacial score (nSPS) is 10.2. The molecule has 2 rings (SSSR count). The van der Waals surface area contributed by atoms with Crippen LogP contribution in [0.25, 0.3) is 0 Å². The first-order valence-electron chi connectivity index (χ1n) is 6.21. The Morgan fingerprint density at radius 3 is 2.53 bits per heavy atom. The molecule has 0 spiro atoms. The minimum atomic E-state index is -0.254. The van der Waals surface area contributed by atoms with E-state index < -0.39 is 0 Å². The SMILES string of the molecule is CCOC(=O)c1cc(Sc2ccccc2)ccc1C. The lowest BCUT2D eigenvalue weighted by molar-refractivity contribution is 0.0525. The van der Waals surface area contributed by atoms with E-state index in [2.05, 4.69) is 12.1 Å². The van der Waals surface area contributed by atoms with E-state index in [-0.39, 0.29) is 5.97 Å². The highest BCUT2D eigenvalue weighted by Gasteiger charge is 2.11. The summed E-state index contributed by atoms with van der Waals surface area (Å²) in [4.78, 5) is 14.0. The molecule has 0 atom stereocenters. The van der Waals surface area contributed by atoms with Crippen LogP contribution in [0.2, 0.25) is 0 Å². The van der Waals surface area contributed by atoms with Crippen molar-refractivity contribution in [2.24, 2.45) is 0 Å². The fourth-order valence-electron chi connectivity index (χ4n) is 1.72. The first kappa shape index (κ1) is 13.7. The van der Waals surface area contributed by atoms with E-state index in [1.165, 1.54) is 0 Å². The van der Waals surface area contributed by atoms with Gasteiger partial charge in [0.1, 0.15) is 0 Å². The Hall–Kier alpha value is -1.74. The fourth-order valence-corrected chi connectivity index (χ4v) is 2.60. The lowest BCUT2D eigenvalue weighted by Gasteiger charge is -2.08. The van der Waals surface area contributed by atoms with E-state index in [0.29, 0.717) is 12.2 Å². The highest BCUT2D eigenvalue weighted by atomic mass is 32.2. The monoisotopic (exact) mass is 272 g/mol. The summed E-state index contributed by atoms with van der Waals surface area (Å²) in [7, 11) is 0. The number of rotatable bonds is 4. The molecule has 19 heavy (non-hydrogen) atoms. The molecule has 0 aliphatic heterocycles. The number of carbonyl (C=O) groups excluding carboxylic acids is 1. The van der Waals surface area contributed by atoms with Crippen LogP contribution in [0.4, 0.5) is 0 Å². The van der Waals surface area contributed by atoms with Gasteiger partial charge in [-0.3, -0.25) is 0 Å². The summed E-state index contributed by atoms with van der Waals surface area (Å²) < 4.78 is 5.07. The van der Waals surface area contributed by atoms with Crippen molar-refractivity contribution in [2.75, 3.05) is 6.61 Å². The molecule has 3 heteroatoms. The zero-order valence-electron chi connectivity index (χ0n) is 11.1. The molecule has 0 bridgehead atoms. The molecule has 0 aliphatic rings. The van der Waals surface area contributed by atoms with Crippen LogP contribution in [-0.4, -0.2) is 12.6 Å². The molecule has 0 unspecified atom stereocenters.